The molecule has 23 heavy (non-hydrogen) atoms. The summed E-state index contributed by atoms with van der Waals surface area (Å²) < 4.78 is 26.7. The molecule has 0 bridgehead atoms. The lowest BCUT2D eigenvalue weighted by atomic mass is 10.1. The minimum Gasteiger partial charge on any atom is -0.320 e. The fourth-order valence-electron chi connectivity index (χ4n) is 2.40. The van der Waals surface area contributed by atoms with E-state index in [2.05, 4.69) is 4.98 Å². The Morgan fingerprint density at radius 1 is 1.13 bits per heavy atom. The third-order valence-corrected chi connectivity index (χ3v) is 3.47. The molecule has 3 rings (SSSR count). The number of H-pyrrole nitrogens is 1. The van der Waals surface area contributed by atoms with Gasteiger partial charge in [-0.1, -0.05) is 30.3 Å². The Hall–Kier alpha value is -3.09. The van der Waals surface area contributed by atoms with Crippen LogP contribution in [0.1, 0.15) is 0 Å². The van der Waals surface area contributed by atoms with Gasteiger partial charge in [0, 0.05) is 5.56 Å². The van der Waals surface area contributed by atoms with Crippen LogP contribution < -0.4 is 11.0 Å². The summed E-state index contributed by atoms with van der Waals surface area (Å²) >= 11 is 0. The summed E-state index contributed by atoms with van der Waals surface area (Å²) in [5.41, 5.74) is 0.767. The number of pyridine rings is 2. The van der Waals surface area contributed by atoms with E-state index in [1.165, 1.54) is 18.2 Å². The second-order valence-electron chi connectivity index (χ2n) is 4.92. The number of nitrogens with zero attached hydrogens (tertiary/aromatic N) is 1. The van der Waals surface area contributed by atoms with Crippen molar-refractivity contribution in [3.05, 3.63) is 64.4 Å². The highest BCUT2D eigenvalue weighted by atomic mass is 19.3. The first-order chi connectivity index (χ1) is 11.0. The average Bonchev–Trinajstić information content (AvgIpc) is 2.54. The van der Waals surface area contributed by atoms with E-state index in [1.807, 2.05) is 0 Å². The van der Waals surface area contributed by atoms with Gasteiger partial charge < -0.3 is 4.98 Å². The Morgan fingerprint density at radius 3 is 2.48 bits per heavy atom. The van der Waals surface area contributed by atoms with Crippen molar-refractivity contribution >= 4 is 16.9 Å². The fourth-order valence-corrected chi connectivity index (χ4v) is 2.40. The highest BCUT2D eigenvalue weighted by Gasteiger charge is 2.17. The molecule has 5 nitrogen and oxygen atoms in total. The van der Waals surface area contributed by atoms with Crippen molar-refractivity contribution in [2.75, 3.05) is 0 Å². The molecular formula is C16H12F2N4O. The van der Waals surface area contributed by atoms with E-state index in [-0.39, 0.29) is 22.1 Å². The molecule has 3 aromatic rings. The number of fused-ring (bicyclic) bond motifs is 1. The van der Waals surface area contributed by atoms with Crippen molar-refractivity contribution in [1.29, 1.82) is 10.8 Å². The molecule has 116 valence electrons. The second kappa shape index (κ2) is 5.60. The summed E-state index contributed by atoms with van der Waals surface area (Å²) in [5, 5.41) is 15.3. The lowest BCUT2D eigenvalue weighted by molar-refractivity contribution is 0.220. The molecule has 0 unspecified atom stereocenters. The Kier molecular flexibility index (Phi) is 3.61. The van der Waals surface area contributed by atoms with Gasteiger partial charge in [0.15, 0.2) is 5.84 Å². The quantitative estimate of drug-likeness (QED) is 0.493. The van der Waals surface area contributed by atoms with E-state index in [0.717, 1.165) is 4.57 Å². The van der Waals surface area contributed by atoms with Crippen LogP contribution in [-0.4, -0.2) is 21.8 Å². The predicted molar refractivity (Wildman–Crippen MR) is 83.0 cm³/mol. The van der Waals surface area contributed by atoms with Gasteiger partial charge in [-0.3, -0.25) is 20.2 Å². The molecule has 0 radical (unpaired) electrons. The van der Waals surface area contributed by atoms with Crippen LogP contribution in [0.25, 0.3) is 22.2 Å². The average molecular weight is 314 g/mol. The molecule has 7 heteroatoms. The van der Waals surface area contributed by atoms with Crippen molar-refractivity contribution in [1.82, 2.24) is 9.55 Å². The fraction of sp³-hybridized carbons (Fsp3) is 0.0625. The summed E-state index contributed by atoms with van der Waals surface area (Å²) in [7, 11) is 0. The zero-order valence-corrected chi connectivity index (χ0v) is 11.8. The monoisotopic (exact) mass is 314 g/mol. The first kappa shape index (κ1) is 14.8. The normalized spacial score (nSPS) is 11.1. The Morgan fingerprint density at radius 2 is 1.83 bits per heavy atom. The van der Waals surface area contributed by atoms with Crippen LogP contribution in [0.5, 0.6) is 0 Å². The van der Waals surface area contributed by atoms with E-state index in [1.54, 1.807) is 30.3 Å². The van der Waals surface area contributed by atoms with Crippen molar-refractivity contribution in [2.24, 2.45) is 0 Å². The molecule has 0 amide bonds. The minimum atomic E-state index is -3.03. The molecule has 0 saturated heterocycles. The maximum atomic E-state index is 12.9. The molecule has 0 fully saturated rings. The number of aromatic amines is 1. The Labute approximate surface area is 128 Å². The molecule has 3 N–H and O–H groups in total. The summed E-state index contributed by atoms with van der Waals surface area (Å²) in [6, 6.07) is 12.9. The lowest BCUT2D eigenvalue weighted by Gasteiger charge is -2.12. The predicted octanol–water partition coefficient (Wildman–Crippen LogP) is 2.57. The van der Waals surface area contributed by atoms with Crippen molar-refractivity contribution < 1.29 is 8.78 Å². The van der Waals surface area contributed by atoms with Crippen LogP contribution in [0.4, 0.5) is 8.78 Å². The van der Waals surface area contributed by atoms with Crippen LogP contribution in [0.2, 0.25) is 0 Å². The maximum absolute atomic E-state index is 12.9. The molecule has 0 aliphatic heterocycles. The van der Waals surface area contributed by atoms with Gasteiger partial charge in [0.2, 0.25) is 0 Å². The molecule has 0 aliphatic rings. The Bertz CT molecular complexity index is 1010. The summed E-state index contributed by atoms with van der Waals surface area (Å²) in [6.07, 6.45) is -3.03. The molecule has 1 aromatic carbocycles. The number of aromatic nitrogens is 2. The number of halogens is 2. The van der Waals surface area contributed by atoms with Gasteiger partial charge in [0.05, 0.1) is 11.0 Å². The minimum absolute atomic E-state index is 0.182. The number of alkyl halides is 2. The molecule has 2 heterocycles. The van der Waals surface area contributed by atoms with Gasteiger partial charge in [-0.15, -0.1) is 0 Å². The Balaban J connectivity index is 2.37. The number of hydrogen-bond donors (Lipinski definition) is 3. The van der Waals surface area contributed by atoms with Crippen LogP contribution in [0.15, 0.2) is 53.3 Å². The zero-order chi connectivity index (χ0) is 16.6. The zero-order valence-electron chi connectivity index (χ0n) is 11.8. The van der Waals surface area contributed by atoms with Crippen molar-refractivity contribution in [2.45, 2.75) is 6.43 Å². The van der Waals surface area contributed by atoms with Crippen LogP contribution in [0, 0.1) is 10.8 Å². The topological polar surface area (TPSA) is 85.5 Å². The molecule has 0 aliphatic carbocycles. The number of benzene rings is 1. The summed E-state index contributed by atoms with van der Waals surface area (Å²) in [5.74, 6) is -1.01. The van der Waals surface area contributed by atoms with Crippen LogP contribution in [0.3, 0.4) is 0 Å². The molecule has 0 saturated carbocycles. The number of nitrogens with one attached hydrogen (secondary N) is 3. The van der Waals surface area contributed by atoms with E-state index >= 15 is 0 Å². The number of rotatable bonds is 2. The van der Waals surface area contributed by atoms with Crippen molar-refractivity contribution in [3.8, 4) is 11.1 Å². The maximum Gasteiger partial charge on any atom is 0.295 e. The van der Waals surface area contributed by atoms with E-state index in [9.17, 15) is 13.6 Å². The van der Waals surface area contributed by atoms with E-state index < -0.39 is 12.3 Å². The first-order valence-corrected chi connectivity index (χ1v) is 6.75. The molecule has 0 spiro atoms. The summed E-state index contributed by atoms with van der Waals surface area (Å²) in [4.78, 5) is 14.8. The van der Waals surface area contributed by atoms with Gasteiger partial charge in [-0.2, -0.15) is 0 Å². The van der Waals surface area contributed by atoms with Crippen LogP contribution >= 0.6 is 0 Å². The second-order valence-corrected chi connectivity index (χ2v) is 4.92. The third kappa shape index (κ3) is 2.57. The molecular weight excluding hydrogens is 302 g/mol. The van der Waals surface area contributed by atoms with Crippen molar-refractivity contribution in [3.63, 3.8) is 0 Å². The van der Waals surface area contributed by atoms with Gasteiger partial charge >= 0.3 is 0 Å². The number of hydrogen-bond acceptors (Lipinski definition) is 3. The highest BCUT2D eigenvalue weighted by molar-refractivity contribution is 5.94. The highest BCUT2D eigenvalue weighted by Crippen LogP contribution is 2.19. The van der Waals surface area contributed by atoms with Gasteiger partial charge in [-0.05, 0) is 23.8 Å². The van der Waals surface area contributed by atoms with Gasteiger partial charge in [0.1, 0.15) is 5.49 Å². The van der Waals surface area contributed by atoms with Crippen LogP contribution in [-0.2, 0) is 0 Å². The lowest BCUT2D eigenvalue weighted by Crippen LogP contribution is -2.31. The van der Waals surface area contributed by atoms with Gasteiger partial charge in [-0.25, -0.2) is 8.78 Å². The largest absolute Gasteiger partial charge is 0.320 e. The SMILES string of the molecule is N=C(C(F)F)n1c(=N)ccc2[nH]c(=O)c(-c3ccccc3)cc21. The molecule has 2 aromatic heterocycles. The smallest absolute Gasteiger partial charge is 0.295 e. The van der Waals surface area contributed by atoms with Gasteiger partial charge in [0.25, 0.3) is 12.0 Å². The van der Waals surface area contributed by atoms with E-state index in [0.29, 0.717) is 11.1 Å². The standard InChI is InChI=1S/C16H12F2N4O/c17-14(18)15(20)22-12-8-10(9-4-2-1-3-5-9)16(23)21-11(12)6-7-13(22)19/h1-8,14,19-20H,(H,21,23). The third-order valence-electron chi connectivity index (χ3n) is 3.47. The summed E-state index contributed by atoms with van der Waals surface area (Å²) in [6.45, 7) is 0. The molecule has 0 atom stereocenters. The first-order valence-electron chi connectivity index (χ1n) is 6.75. The van der Waals surface area contributed by atoms with E-state index in [4.69, 9.17) is 10.8 Å².